The molecule has 0 saturated carbocycles. The molecule has 3 rings (SSSR count). The number of nitrogens with zero attached hydrogens (tertiary/aromatic N) is 4. The first-order valence-electron chi connectivity index (χ1n) is 6.43. The van der Waals surface area contributed by atoms with E-state index >= 15 is 0 Å². The van der Waals surface area contributed by atoms with Crippen LogP contribution in [0.15, 0.2) is 36.9 Å². The van der Waals surface area contributed by atoms with Gasteiger partial charge in [0, 0.05) is 11.4 Å². The van der Waals surface area contributed by atoms with E-state index in [-0.39, 0.29) is 5.91 Å². The molecule has 3 aromatic rings. The molecule has 7 heteroatoms. The lowest BCUT2D eigenvalue weighted by molar-refractivity contribution is 0.102. The number of amides is 1. The first-order valence-corrected chi connectivity index (χ1v) is 6.43. The van der Waals surface area contributed by atoms with Crippen LogP contribution in [0.5, 0.6) is 0 Å². The van der Waals surface area contributed by atoms with Gasteiger partial charge >= 0.3 is 0 Å². The van der Waals surface area contributed by atoms with E-state index in [1.54, 1.807) is 17.9 Å². The van der Waals surface area contributed by atoms with Gasteiger partial charge < -0.3 is 5.32 Å². The van der Waals surface area contributed by atoms with E-state index in [1.807, 2.05) is 31.2 Å². The van der Waals surface area contributed by atoms with Crippen LogP contribution in [-0.2, 0) is 0 Å². The standard InChI is InChI=1S/C14H14N6O/c1-9-13(10(2)19-18-9)14(21)17-11-3-5-12(6-4-11)20-8-15-7-16-20/h3-8H,1-2H3,(H,17,21)(H,18,19). The summed E-state index contributed by atoms with van der Waals surface area (Å²) in [6.45, 7) is 3.62. The van der Waals surface area contributed by atoms with Crippen molar-refractivity contribution in [1.29, 1.82) is 0 Å². The smallest absolute Gasteiger partial charge is 0.259 e. The quantitative estimate of drug-likeness (QED) is 0.767. The highest BCUT2D eigenvalue weighted by Crippen LogP contribution is 2.15. The van der Waals surface area contributed by atoms with Gasteiger partial charge in [-0.15, -0.1) is 0 Å². The molecule has 2 N–H and O–H groups in total. The van der Waals surface area contributed by atoms with E-state index in [4.69, 9.17) is 0 Å². The van der Waals surface area contributed by atoms with E-state index in [0.717, 1.165) is 11.4 Å². The number of hydrogen-bond acceptors (Lipinski definition) is 4. The van der Waals surface area contributed by atoms with Crippen molar-refractivity contribution < 1.29 is 4.79 Å². The number of anilines is 1. The molecule has 0 aliphatic carbocycles. The van der Waals surface area contributed by atoms with Crippen molar-refractivity contribution in [2.75, 3.05) is 5.32 Å². The van der Waals surface area contributed by atoms with Crippen LogP contribution in [-0.4, -0.2) is 30.9 Å². The third-order valence-corrected chi connectivity index (χ3v) is 3.16. The lowest BCUT2D eigenvalue weighted by Gasteiger charge is -2.06. The third-order valence-electron chi connectivity index (χ3n) is 3.16. The molecular weight excluding hydrogens is 268 g/mol. The minimum atomic E-state index is -0.174. The normalized spacial score (nSPS) is 10.6. The molecule has 1 amide bonds. The van der Waals surface area contributed by atoms with Crippen molar-refractivity contribution in [1.82, 2.24) is 25.0 Å². The Morgan fingerprint density at radius 2 is 2.00 bits per heavy atom. The van der Waals surface area contributed by atoms with Crippen molar-refractivity contribution in [3.05, 3.63) is 53.9 Å². The summed E-state index contributed by atoms with van der Waals surface area (Å²) in [5.74, 6) is -0.174. The number of H-pyrrole nitrogens is 1. The van der Waals surface area contributed by atoms with Crippen LogP contribution in [0.4, 0.5) is 5.69 Å². The fourth-order valence-electron chi connectivity index (χ4n) is 2.12. The molecule has 0 radical (unpaired) electrons. The topological polar surface area (TPSA) is 88.5 Å². The van der Waals surface area contributed by atoms with E-state index < -0.39 is 0 Å². The molecule has 7 nitrogen and oxygen atoms in total. The van der Waals surface area contributed by atoms with E-state index in [1.165, 1.54) is 6.33 Å². The van der Waals surface area contributed by atoms with Gasteiger partial charge in [-0.1, -0.05) is 0 Å². The van der Waals surface area contributed by atoms with Gasteiger partial charge in [-0.05, 0) is 38.1 Å². The van der Waals surface area contributed by atoms with Crippen LogP contribution in [0, 0.1) is 13.8 Å². The van der Waals surface area contributed by atoms with E-state index in [9.17, 15) is 4.79 Å². The summed E-state index contributed by atoms with van der Waals surface area (Å²) in [6.07, 6.45) is 3.09. The van der Waals surface area contributed by atoms with Gasteiger partial charge in [0.1, 0.15) is 12.7 Å². The van der Waals surface area contributed by atoms with Gasteiger partial charge in [0.05, 0.1) is 16.9 Å². The fraction of sp³-hybridized carbons (Fsp3) is 0.143. The maximum atomic E-state index is 12.2. The van der Waals surface area contributed by atoms with Gasteiger partial charge in [0.2, 0.25) is 0 Å². The maximum absolute atomic E-state index is 12.2. The molecule has 0 saturated heterocycles. The summed E-state index contributed by atoms with van der Waals surface area (Å²) in [7, 11) is 0. The Morgan fingerprint density at radius 1 is 1.24 bits per heavy atom. The number of benzene rings is 1. The van der Waals surface area contributed by atoms with Crippen LogP contribution in [0.1, 0.15) is 21.7 Å². The largest absolute Gasteiger partial charge is 0.322 e. The summed E-state index contributed by atoms with van der Waals surface area (Å²) in [5.41, 5.74) is 3.61. The lowest BCUT2D eigenvalue weighted by atomic mass is 10.2. The summed E-state index contributed by atoms with van der Waals surface area (Å²) in [6, 6.07) is 7.36. The van der Waals surface area contributed by atoms with Crippen molar-refractivity contribution in [3.63, 3.8) is 0 Å². The molecule has 2 aromatic heterocycles. The number of carbonyl (C=O) groups is 1. The van der Waals surface area contributed by atoms with Gasteiger partial charge in [-0.2, -0.15) is 10.2 Å². The second-order valence-electron chi connectivity index (χ2n) is 4.65. The first-order chi connectivity index (χ1) is 10.1. The Kier molecular flexibility index (Phi) is 3.23. The number of nitrogens with one attached hydrogen (secondary N) is 2. The average molecular weight is 282 g/mol. The van der Waals surface area contributed by atoms with Gasteiger partial charge in [-0.25, -0.2) is 9.67 Å². The monoisotopic (exact) mass is 282 g/mol. The SMILES string of the molecule is Cc1n[nH]c(C)c1C(=O)Nc1ccc(-n2cncn2)cc1. The summed E-state index contributed by atoms with van der Waals surface area (Å²) in [4.78, 5) is 16.1. The van der Waals surface area contributed by atoms with E-state index in [0.29, 0.717) is 16.9 Å². The van der Waals surface area contributed by atoms with Crippen molar-refractivity contribution in [3.8, 4) is 5.69 Å². The Balaban J connectivity index is 1.78. The Hall–Kier alpha value is -2.96. The van der Waals surface area contributed by atoms with Gasteiger partial charge in [0.15, 0.2) is 0 Å². The second kappa shape index (κ2) is 5.20. The zero-order chi connectivity index (χ0) is 14.8. The number of carbonyl (C=O) groups excluding carboxylic acids is 1. The molecule has 106 valence electrons. The predicted octanol–water partition coefficient (Wildman–Crippen LogP) is 1.86. The maximum Gasteiger partial charge on any atom is 0.259 e. The molecule has 1 aromatic carbocycles. The summed E-state index contributed by atoms with van der Waals surface area (Å²) >= 11 is 0. The van der Waals surface area contributed by atoms with Crippen molar-refractivity contribution in [2.45, 2.75) is 13.8 Å². The fourth-order valence-corrected chi connectivity index (χ4v) is 2.12. The number of hydrogen-bond donors (Lipinski definition) is 2. The minimum Gasteiger partial charge on any atom is -0.322 e. The predicted molar refractivity (Wildman–Crippen MR) is 77.4 cm³/mol. The van der Waals surface area contributed by atoms with Crippen LogP contribution in [0.2, 0.25) is 0 Å². The molecule has 0 aliphatic rings. The molecule has 21 heavy (non-hydrogen) atoms. The Morgan fingerprint density at radius 3 is 2.57 bits per heavy atom. The molecule has 0 unspecified atom stereocenters. The van der Waals surface area contributed by atoms with Crippen LogP contribution >= 0.6 is 0 Å². The number of rotatable bonds is 3. The highest BCUT2D eigenvalue weighted by atomic mass is 16.1. The first kappa shape index (κ1) is 13.0. The molecule has 0 spiro atoms. The minimum absolute atomic E-state index is 0.174. The van der Waals surface area contributed by atoms with Crippen molar-refractivity contribution in [2.24, 2.45) is 0 Å². The highest BCUT2D eigenvalue weighted by molar-refractivity contribution is 6.05. The molecule has 0 bridgehead atoms. The molecule has 0 atom stereocenters. The van der Waals surface area contributed by atoms with Crippen LogP contribution in [0.3, 0.4) is 0 Å². The van der Waals surface area contributed by atoms with Crippen LogP contribution < -0.4 is 5.32 Å². The van der Waals surface area contributed by atoms with Crippen LogP contribution in [0.25, 0.3) is 5.69 Å². The number of aromatic amines is 1. The third kappa shape index (κ3) is 2.53. The molecule has 2 heterocycles. The average Bonchev–Trinajstić information content (AvgIpc) is 3.10. The number of aryl methyl sites for hydroxylation is 2. The zero-order valence-corrected chi connectivity index (χ0v) is 11.7. The lowest BCUT2D eigenvalue weighted by Crippen LogP contribution is -2.13. The number of aromatic nitrogens is 5. The molecule has 0 aliphatic heterocycles. The van der Waals surface area contributed by atoms with Gasteiger partial charge in [0.25, 0.3) is 5.91 Å². The van der Waals surface area contributed by atoms with E-state index in [2.05, 4.69) is 25.6 Å². The van der Waals surface area contributed by atoms with Gasteiger partial charge in [-0.3, -0.25) is 9.89 Å². The summed E-state index contributed by atoms with van der Waals surface area (Å²) in [5, 5.41) is 13.7. The molecular formula is C14H14N6O. The zero-order valence-electron chi connectivity index (χ0n) is 11.7. The second-order valence-corrected chi connectivity index (χ2v) is 4.65. The summed E-state index contributed by atoms with van der Waals surface area (Å²) < 4.78 is 1.65. The molecule has 0 fully saturated rings. The van der Waals surface area contributed by atoms with Crippen molar-refractivity contribution >= 4 is 11.6 Å². The Bertz CT molecular complexity index is 738. The highest BCUT2D eigenvalue weighted by Gasteiger charge is 2.15. The Labute approximate surface area is 121 Å².